The number of hydrogen-bond acceptors (Lipinski definition) is 5. The Morgan fingerprint density at radius 1 is 0.912 bits per heavy atom. The molecule has 1 unspecified atom stereocenters. The summed E-state index contributed by atoms with van der Waals surface area (Å²) in [6, 6.07) is 0. The Morgan fingerprint density at radius 3 is 2.26 bits per heavy atom. The van der Waals surface area contributed by atoms with Crippen molar-refractivity contribution in [3.63, 3.8) is 0 Å². The highest BCUT2D eigenvalue weighted by Crippen LogP contribution is 2.45. The fraction of sp³-hybridized carbons (Fsp3) is 0.379. The highest BCUT2D eigenvalue weighted by Gasteiger charge is 2.53. The van der Waals surface area contributed by atoms with Gasteiger partial charge in [0.05, 0.1) is 11.1 Å². The maximum absolute atomic E-state index is 8.00. The summed E-state index contributed by atoms with van der Waals surface area (Å²) in [6.07, 6.45) is 27.2. The lowest BCUT2D eigenvalue weighted by Gasteiger charge is -2.42. The average molecular weight is 459 g/mol. The van der Waals surface area contributed by atoms with Gasteiger partial charge in [-0.25, -0.2) is 9.97 Å². The topological polar surface area (TPSA) is 67.2 Å². The molecule has 5 heteroatoms. The monoisotopic (exact) mass is 458 g/mol. The lowest BCUT2D eigenvalue weighted by molar-refractivity contribution is -0.0979. The Morgan fingerprint density at radius 2 is 1.59 bits per heavy atom. The molecular weight excluding hydrogens is 420 g/mol. The maximum atomic E-state index is 8.00. The van der Waals surface area contributed by atoms with E-state index in [1.54, 1.807) is 6.33 Å². The number of rotatable bonds is 3. The number of carbonyl (C=O) groups excluding carboxylic acids is 1. The number of allylic oxidation sites excluding steroid dienone is 8. The first kappa shape index (κ1) is 26.9. The van der Waals surface area contributed by atoms with E-state index >= 15 is 0 Å². The summed E-state index contributed by atoms with van der Waals surface area (Å²) in [6.45, 7) is 17.1. The molecule has 2 heterocycles. The third-order valence-corrected chi connectivity index (χ3v) is 6.36. The van der Waals surface area contributed by atoms with Crippen LogP contribution in [0.25, 0.3) is 0 Å². The zero-order valence-electron chi connectivity index (χ0n) is 21.5. The molecule has 180 valence electrons. The van der Waals surface area contributed by atoms with E-state index in [0.29, 0.717) is 5.92 Å². The summed E-state index contributed by atoms with van der Waals surface area (Å²) in [5.41, 5.74) is 2.27. The number of aromatic nitrogens is 2. The normalized spacial score (nSPS) is 28.6. The largest absolute Gasteiger partial charge is 0.358 e. The van der Waals surface area contributed by atoms with Gasteiger partial charge in [-0.2, -0.15) is 0 Å². The molecule has 1 N–H and O–H groups in total. The number of aliphatic imine (C=N–C) groups is 1. The van der Waals surface area contributed by atoms with Gasteiger partial charge in [0, 0.05) is 17.8 Å². The Kier molecular flexibility index (Phi) is 8.86. The summed E-state index contributed by atoms with van der Waals surface area (Å²) in [5, 5.41) is 3.76. The molecule has 3 atom stereocenters. The van der Waals surface area contributed by atoms with Crippen molar-refractivity contribution >= 4 is 12.6 Å². The van der Waals surface area contributed by atoms with Crippen LogP contribution in [0.3, 0.4) is 0 Å². The van der Waals surface area contributed by atoms with E-state index in [1.807, 2.05) is 33.0 Å². The molecule has 1 aromatic rings. The van der Waals surface area contributed by atoms with Gasteiger partial charge < -0.3 is 10.1 Å². The van der Waals surface area contributed by atoms with Crippen molar-refractivity contribution in [3.8, 4) is 0 Å². The highest BCUT2D eigenvalue weighted by atomic mass is 16.1. The maximum Gasteiger partial charge on any atom is 0.133 e. The number of nitrogens with zero attached hydrogens (tertiary/aromatic N) is 3. The van der Waals surface area contributed by atoms with Gasteiger partial charge >= 0.3 is 0 Å². The Balaban J connectivity index is 0.000000970. The molecule has 0 saturated heterocycles. The Labute approximate surface area is 204 Å². The first-order valence-corrected chi connectivity index (χ1v) is 11.8. The lowest BCUT2D eigenvalue weighted by atomic mass is 9.69. The lowest BCUT2D eigenvalue weighted by Crippen LogP contribution is -2.56. The van der Waals surface area contributed by atoms with Gasteiger partial charge in [0.25, 0.3) is 0 Å². The van der Waals surface area contributed by atoms with Crippen LogP contribution >= 0.6 is 0 Å². The molecule has 0 bridgehead atoms. The smallest absolute Gasteiger partial charge is 0.133 e. The molecule has 2 aliphatic carbocycles. The molecule has 3 aliphatic rings. The first-order chi connectivity index (χ1) is 16.2. The van der Waals surface area contributed by atoms with Crippen LogP contribution in [0, 0.1) is 11.3 Å². The van der Waals surface area contributed by atoms with Gasteiger partial charge in [0.15, 0.2) is 0 Å². The van der Waals surface area contributed by atoms with Crippen molar-refractivity contribution in [2.75, 3.05) is 0 Å². The van der Waals surface area contributed by atoms with Gasteiger partial charge in [-0.1, -0.05) is 95.4 Å². The molecule has 4 rings (SSSR count). The van der Waals surface area contributed by atoms with Gasteiger partial charge in [-0.15, -0.1) is 0 Å². The SMILES string of the molecule is C=O.CC.CC1C=CC=C([C@@]2(C)N=C(c3cncnc3)N[C@@]2(C)C2=CC(C)(C)C=CC=C2)C=C1. The Hall–Kier alpha value is -3.34. The fourth-order valence-corrected chi connectivity index (χ4v) is 4.29. The van der Waals surface area contributed by atoms with Gasteiger partial charge in [-0.3, -0.25) is 4.99 Å². The van der Waals surface area contributed by atoms with Crippen LogP contribution in [0.4, 0.5) is 0 Å². The van der Waals surface area contributed by atoms with Crippen molar-refractivity contribution in [2.45, 2.75) is 59.5 Å². The highest BCUT2D eigenvalue weighted by molar-refractivity contribution is 6.01. The molecule has 0 amide bonds. The molecule has 34 heavy (non-hydrogen) atoms. The quantitative estimate of drug-likeness (QED) is 0.607. The van der Waals surface area contributed by atoms with Gasteiger partial charge in [-0.05, 0) is 30.9 Å². The molecule has 1 aromatic heterocycles. The van der Waals surface area contributed by atoms with Crippen molar-refractivity contribution < 1.29 is 4.79 Å². The van der Waals surface area contributed by atoms with Crippen LogP contribution in [0.5, 0.6) is 0 Å². The molecule has 0 aromatic carbocycles. The van der Waals surface area contributed by atoms with E-state index in [2.05, 4.69) is 111 Å². The summed E-state index contributed by atoms with van der Waals surface area (Å²) in [4.78, 5) is 21.7. The Bertz CT molecular complexity index is 1060. The van der Waals surface area contributed by atoms with Crippen LogP contribution in [0.15, 0.2) is 95.6 Å². The fourth-order valence-electron chi connectivity index (χ4n) is 4.29. The van der Waals surface area contributed by atoms with Gasteiger partial charge in [0.2, 0.25) is 0 Å². The number of hydrogen-bond donors (Lipinski definition) is 1. The minimum absolute atomic E-state index is 0.0505. The number of nitrogens with one attached hydrogen (secondary N) is 1. The molecule has 0 saturated carbocycles. The van der Waals surface area contributed by atoms with Crippen LogP contribution in [-0.4, -0.2) is 33.7 Å². The van der Waals surface area contributed by atoms with E-state index in [-0.39, 0.29) is 5.41 Å². The number of amidine groups is 1. The van der Waals surface area contributed by atoms with E-state index in [4.69, 9.17) is 9.79 Å². The summed E-state index contributed by atoms with van der Waals surface area (Å²) in [5.74, 6) is 1.22. The van der Waals surface area contributed by atoms with Crippen LogP contribution < -0.4 is 5.32 Å². The second-order valence-corrected chi connectivity index (χ2v) is 9.27. The predicted molar refractivity (Wildman–Crippen MR) is 143 cm³/mol. The molecule has 0 spiro atoms. The number of carbonyl (C=O) groups is 1. The zero-order chi connectivity index (χ0) is 25.4. The second-order valence-electron chi connectivity index (χ2n) is 9.27. The molecule has 5 nitrogen and oxygen atoms in total. The molecule has 0 radical (unpaired) electrons. The second kappa shape index (κ2) is 11.2. The van der Waals surface area contributed by atoms with E-state index in [9.17, 15) is 0 Å². The molecule has 1 aliphatic heterocycles. The minimum atomic E-state index is -0.514. The van der Waals surface area contributed by atoms with E-state index in [0.717, 1.165) is 11.4 Å². The first-order valence-electron chi connectivity index (χ1n) is 11.8. The zero-order valence-corrected chi connectivity index (χ0v) is 21.5. The molecular formula is C29H38N4O. The third-order valence-electron chi connectivity index (χ3n) is 6.36. The van der Waals surface area contributed by atoms with E-state index in [1.165, 1.54) is 11.1 Å². The van der Waals surface area contributed by atoms with Crippen molar-refractivity contribution in [2.24, 2.45) is 16.3 Å². The molecule has 0 fully saturated rings. The van der Waals surface area contributed by atoms with Crippen molar-refractivity contribution in [3.05, 3.63) is 96.2 Å². The van der Waals surface area contributed by atoms with Crippen LogP contribution in [0.1, 0.15) is 54.0 Å². The van der Waals surface area contributed by atoms with E-state index < -0.39 is 11.1 Å². The predicted octanol–water partition coefficient (Wildman–Crippen LogP) is 5.95. The van der Waals surface area contributed by atoms with Crippen LogP contribution in [0.2, 0.25) is 0 Å². The van der Waals surface area contributed by atoms with Crippen molar-refractivity contribution in [1.29, 1.82) is 0 Å². The van der Waals surface area contributed by atoms with Crippen molar-refractivity contribution in [1.82, 2.24) is 15.3 Å². The minimum Gasteiger partial charge on any atom is -0.358 e. The standard InChI is InChI=1S/C26H30N4.C2H6.CH2O/c1-19-9-8-11-21(13-12-19)25(4)26(5,22-10-6-7-14-24(2,3)15-22)30-23(29-25)20-16-27-18-28-17-20;2*1-2/h6-19H,1-5H3,(H,29,30);1-2H3;1H2/t19?,25-,26+;;/m1../s1. The van der Waals surface area contributed by atoms with Gasteiger partial charge in [0.1, 0.15) is 24.5 Å². The summed E-state index contributed by atoms with van der Waals surface area (Å²) < 4.78 is 0. The summed E-state index contributed by atoms with van der Waals surface area (Å²) >= 11 is 0. The average Bonchev–Trinajstić information content (AvgIpc) is 3.00. The van der Waals surface area contributed by atoms with Crippen LogP contribution in [-0.2, 0) is 4.79 Å². The summed E-state index contributed by atoms with van der Waals surface area (Å²) in [7, 11) is 0. The third kappa shape index (κ3) is 5.41.